The summed E-state index contributed by atoms with van der Waals surface area (Å²) in [4.78, 5) is 13.5. The Morgan fingerprint density at radius 2 is 1.89 bits per heavy atom. The van der Waals surface area contributed by atoms with Crippen molar-refractivity contribution in [2.75, 3.05) is 17.6 Å². The average molecular weight is 425 g/mol. The van der Waals surface area contributed by atoms with Gasteiger partial charge in [0.25, 0.3) is 0 Å². The van der Waals surface area contributed by atoms with Crippen LogP contribution in [0.1, 0.15) is 25.3 Å². The Morgan fingerprint density at radius 1 is 1.07 bits per heavy atom. The maximum Gasteiger partial charge on any atom is 0.226 e. The number of hydrogen-bond acceptors (Lipinski definition) is 5. The lowest BCUT2D eigenvalue weighted by Crippen LogP contribution is -2.08. The van der Waals surface area contributed by atoms with Gasteiger partial charge in [-0.15, -0.1) is 0 Å². The van der Waals surface area contributed by atoms with Crippen molar-refractivity contribution in [3.05, 3.63) is 52.8 Å². The first-order valence-corrected chi connectivity index (χ1v) is 9.86. The number of nitrogens with zero attached hydrogens (tertiary/aromatic N) is 4. The minimum Gasteiger partial charge on any atom is -0.382 e. The molecular weight excluding hydrogens is 404 g/mol. The largest absolute Gasteiger partial charge is 0.382 e. The summed E-state index contributed by atoms with van der Waals surface area (Å²) in [5.74, 6) is 0.928. The van der Waals surface area contributed by atoms with Gasteiger partial charge < -0.3 is 11.1 Å². The molecule has 4 rings (SSSR count). The maximum absolute atomic E-state index is 6.12. The lowest BCUT2D eigenvalue weighted by atomic mass is 10.1. The van der Waals surface area contributed by atoms with E-state index in [2.05, 4.69) is 85.6 Å². The van der Waals surface area contributed by atoms with E-state index in [1.54, 1.807) is 0 Å². The molecule has 3 N–H and O–H groups in total. The number of rotatable bonds is 6. The molecule has 0 unspecified atom stereocenters. The normalized spacial score (nSPS) is 11.3. The number of nitrogen functional groups attached to an aromatic ring is 1. The summed E-state index contributed by atoms with van der Waals surface area (Å²) in [7, 11) is 0. The van der Waals surface area contributed by atoms with E-state index in [4.69, 9.17) is 5.73 Å². The van der Waals surface area contributed by atoms with Gasteiger partial charge in [-0.05, 0) is 44.8 Å². The maximum atomic E-state index is 6.12. The molecule has 2 aromatic heterocycles. The van der Waals surface area contributed by atoms with Crippen LogP contribution < -0.4 is 11.1 Å². The second-order valence-corrected chi connectivity index (χ2v) is 7.24. The average Bonchev–Trinajstić information content (AvgIpc) is 2.98. The van der Waals surface area contributed by atoms with Crippen LogP contribution in [0.4, 0.5) is 11.8 Å². The quantitative estimate of drug-likeness (QED) is 0.349. The van der Waals surface area contributed by atoms with Gasteiger partial charge in [0.15, 0.2) is 21.7 Å². The molecule has 2 aromatic carbocycles. The standard InChI is InChI=1S/C20H21BrN6/c1-2-3-10-23-20-25-17(22)16-18(26-20)27(19(21)24-16)12-13-8-9-14-6-4-5-7-15(14)11-13/h4-9,11H,2-3,10,12H2,1H3,(H3,22,23,25,26). The molecule has 6 nitrogen and oxygen atoms in total. The van der Waals surface area contributed by atoms with Crippen molar-refractivity contribution in [3.63, 3.8) is 0 Å². The molecule has 4 aromatic rings. The van der Waals surface area contributed by atoms with E-state index in [0.29, 0.717) is 28.6 Å². The van der Waals surface area contributed by atoms with Gasteiger partial charge in [0.05, 0.1) is 6.54 Å². The molecule has 0 fully saturated rings. The van der Waals surface area contributed by atoms with Crippen molar-refractivity contribution in [1.29, 1.82) is 0 Å². The van der Waals surface area contributed by atoms with Crippen molar-refractivity contribution < 1.29 is 0 Å². The zero-order chi connectivity index (χ0) is 18.8. The fourth-order valence-corrected chi connectivity index (χ4v) is 3.58. The third kappa shape index (κ3) is 3.60. The van der Waals surface area contributed by atoms with E-state index in [9.17, 15) is 0 Å². The number of hydrogen-bond donors (Lipinski definition) is 2. The molecular formula is C20H21BrN6. The molecule has 138 valence electrons. The fraction of sp³-hybridized carbons (Fsp3) is 0.250. The number of unbranched alkanes of at least 4 members (excludes halogenated alkanes) is 1. The van der Waals surface area contributed by atoms with Crippen molar-refractivity contribution in [2.24, 2.45) is 0 Å². The van der Waals surface area contributed by atoms with Crippen molar-refractivity contribution >= 4 is 49.6 Å². The molecule has 0 saturated carbocycles. The van der Waals surface area contributed by atoms with Crippen LogP contribution in [0, 0.1) is 0 Å². The van der Waals surface area contributed by atoms with E-state index in [1.165, 1.54) is 16.3 Å². The monoisotopic (exact) mass is 424 g/mol. The van der Waals surface area contributed by atoms with Crippen molar-refractivity contribution in [3.8, 4) is 0 Å². The molecule has 0 radical (unpaired) electrons. The Labute approximate surface area is 166 Å². The van der Waals surface area contributed by atoms with Gasteiger partial charge in [-0.25, -0.2) is 4.98 Å². The number of benzene rings is 2. The topological polar surface area (TPSA) is 81.6 Å². The van der Waals surface area contributed by atoms with Crippen LogP contribution in [0.15, 0.2) is 47.2 Å². The number of halogens is 1. The Kier molecular flexibility index (Phi) is 4.94. The molecule has 0 aliphatic heterocycles. The predicted molar refractivity (Wildman–Crippen MR) is 114 cm³/mol. The highest BCUT2D eigenvalue weighted by Gasteiger charge is 2.15. The Hall–Kier alpha value is -2.67. The van der Waals surface area contributed by atoms with Gasteiger partial charge in [0.1, 0.15) is 0 Å². The Bertz CT molecular complexity index is 1100. The van der Waals surface area contributed by atoms with Gasteiger partial charge in [-0.1, -0.05) is 49.7 Å². The summed E-state index contributed by atoms with van der Waals surface area (Å²) >= 11 is 3.55. The molecule has 0 saturated heterocycles. The van der Waals surface area contributed by atoms with Crippen LogP contribution in [0.2, 0.25) is 0 Å². The van der Waals surface area contributed by atoms with Crippen LogP contribution in [-0.2, 0) is 6.54 Å². The summed E-state index contributed by atoms with van der Waals surface area (Å²) in [5, 5.41) is 5.69. The minimum absolute atomic E-state index is 0.386. The Morgan fingerprint density at radius 3 is 2.70 bits per heavy atom. The Balaban J connectivity index is 1.72. The van der Waals surface area contributed by atoms with E-state index in [1.807, 2.05) is 4.57 Å². The van der Waals surface area contributed by atoms with E-state index >= 15 is 0 Å². The lowest BCUT2D eigenvalue weighted by Gasteiger charge is -2.09. The number of nitrogens with two attached hydrogens (primary N) is 1. The number of fused-ring (bicyclic) bond motifs is 2. The summed E-state index contributed by atoms with van der Waals surface area (Å²) in [6.07, 6.45) is 2.16. The van der Waals surface area contributed by atoms with Crippen molar-refractivity contribution in [2.45, 2.75) is 26.3 Å². The highest BCUT2D eigenvalue weighted by Crippen LogP contribution is 2.25. The molecule has 27 heavy (non-hydrogen) atoms. The van der Waals surface area contributed by atoms with Gasteiger partial charge in [-0.2, -0.15) is 9.97 Å². The first kappa shape index (κ1) is 17.7. The summed E-state index contributed by atoms with van der Waals surface area (Å²) in [5.41, 5.74) is 8.63. The number of nitrogens with one attached hydrogen (secondary N) is 1. The second kappa shape index (κ2) is 7.52. The van der Waals surface area contributed by atoms with E-state index in [-0.39, 0.29) is 0 Å². The zero-order valence-corrected chi connectivity index (χ0v) is 16.7. The van der Waals surface area contributed by atoms with Gasteiger partial charge >= 0.3 is 0 Å². The highest BCUT2D eigenvalue weighted by molar-refractivity contribution is 9.10. The predicted octanol–water partition coefficient (Wildman–Crippen LogP) is 4.58. The fourth-order valence-electron chi connectivity index (χ4n) is 3.11. The number of anilines is 2. The van der Waals surface area contributed by atoms with Gasteiger partial charge in [0.2, 0.25) is 5.95 Å². The SMILES string of the molecule is CCCCNc1nc(N)c2nc(Br)n(Cc3ccc4ccccc4c3)c2n1. The van der Waals surface area contributed by atoms with Gasteiger partial charge in [0, 0.05) is 6.54 Å². The first-order chi connectivity index (χ1) is 13.2. The zero-order valence-electron chi connectivity index (χ0n) is 15.1. The van der Waals surface area contributed by atoms with Crippen molar-refractivity contribution in [1.82, 2.24) is 19.5 Å². The van der Waals surface area contributed by atoms with Crippen LogP contribution in [-0.4, -0.2) is 26.1 Å². The smallest absolute Gasteiger partial charge is 0.226 e. The van der Waals surface area contributed by atoms with E-state index in [0.717, 1.165) is 25.0 Å². The molecule has 2 heterocycles. The molecule has 0 amide bonds. The number of aromatic nitrogens is 4. The molecule has 0 aliphatic carbocycles. The van der Waals surface area contributed by atoms with Crippen LogP contribution >= 0.6 is 15.9 Å². The summed E-state index contributed by atoms with van der Waals surface area (Å²) in [6, 6.07) is 14.8. The summed E-state index contributed by atoms with van der Waals surface area (Å²) < 4.78 is 2.71. The van der Waals surface area contributed by atoms with Gasteiger partial charge in [-0.3, -0.25) is 4.57 Å². The molecule has 0 spiro atoms. The summed E-state index contributed by atoms with van der Waals surface area (Å²) in [6.45, 7) is 3.62. The molecule has 0 bridgehead atoms. The van der Waals surface area contributed by atoms with Crippen LogP contribution in [0.5, 0.6) is 0 Å². The third-order valence-corrected chi connectivity index (χ3v) is 5.15. The first-order valence-electron chi connectivity index (χ1n) is 9.06. The second-order valence-electron chi connectivity index (χ2n) is 6.53. The van der Waals surface area contributed by atoms with Crippen LogP contribution in [0.25, 0.3) is 21.9 Å². The van der Waals surface area contributed by atoms with E-state index < -0.39 is 0 Å². The molecule has 0 atom stereocenters. The minimum atomic E-state index is 0.386. The molecule has 7 heteroatoms. The third-order valence-electron chi connectivity index (χ3n) is 4.54. The number of imidazole rings is 1. The lowest BCUT2D eigenvalue weighted by molar-refractivity contribution is 0.789. The van der Waals surface area contributed by atoms with Crippen LogP contribution in [0.3, 0.4) is 0 Å². The molecule has 0 aliphatic rings. The highest BCUT2D eigenvalue weighted by atomic mass is 79.9.